The number of aromatic nitrogens is 2. The minimum Gasteiger partial charge on any atom is -0.339 e. The van der Waals surface area contributed by atoms with Gasteiger partial charge in [0.05, 0.1) is 12.3 Å². The van der Waals surface area contributed by atoms with Crippen molar-refractivity contribution in [3.8, 4) is 0 Å². The first-order valence-electron chi connectivity index (χ1n) is 10.4. The molecule has 0 N–H and O–H groups in total. The van der Waals surface area contributed by atoms with Gasteiger partial charge in [0.25, 0.3) is 5.91 Å². The van der Waals surface area contributed by atoms with E-state index in [1.54, 1.807) is 4.90 Å². The number of benzene rings is 1. The largest absolute Gasteiger partial charge is 0.339 e. The highest BCUT2D eigenvalue weighted by molar-refractivity contribution is 7.88. The highest BCUT2D eigenvalue weighted by Crippen LogP contribution is 2.35. The highest BCUT2D eigenvalue weighted by Gasteiger charge is 2.39. The summed E-state index contributed by atoms with van der Waals surface area (Å²) in [5, 5.41) is 4.00. The molecule has 2 heterocycles. The van der Waals surface area contributed by atoms with Crippen LogP contribution in [0, 0.1) is 13.8 Å². The number of hydrogen-bond donors (Lipinski definition) is 0. The van der Waals surface area contributed by atoms with E-state index in [4.69, 9.17) is 4.52 Å². The Bertz CT molecular complexity index is 1040. The predicted molar refractivity (Wildman–Crippen MR) is 112 cm³/mol. The normalized spacial score (nSPS) is 17.8. The summed E-state index contributed by atoms with van der Waals surface area (Å²) in [6, 6.07) is 5.41. The molecule has 8 nitrogen and oxygen atoms in total. The molecule has 0 radical (unpaired) electrons. The zero-order valence-corrected chi connectivity index (χ0v) is 18.5. The second-order valence-corrected chi connectivity index (χ2v) is 10.4. The van der Waals surface area contributed by atoms with E-state index in [0.717, 1.165) is 24.0 Å². The summed E-state index contributed by atoms with van der Waals surface area (Å²) < 4.78 is 31.5. The Kier molecular flexibility index (Phi) is 5.67. The summed E-state index contributed by atoms with van der Waals surface area (Å²) >= 11 is 0. The van der Waals surface area contributed by atoms with Crippen molar-refractivity contribution in [3.63, 3.8) is 0 Å². The molecular weight excluding hydrogens is 404 g/mol. The molecule has 1 aliphatic heterocycles. The zero-order valence-electron chi connectivity index (χ0n) is 17.7. The van der Waals surface area contributed by atoms with Crippen LogP contribution >= 0.6 is 0 Å². The number of rotatable bonds is 7. The van der Waals surface area contributed by atoms with Gasteiger partial charge in [-0.15, -0.1) is 0 Å². The van der Waals surface area contributed by atoms with Crippen LogP contribution in [0.15, 0.2) is 22.7 Å². The van der Waals surface area contributed by atoms with Crippen LogP contribution in [0.2, 0.25) is 0 Å². The Morgan fingerprint density at radius 2 is 1.97 bits per heavy atom. The summed E-state index contributed by atoms with van der Waals surface area (Å²) in [6.07, 6.45) is 4.93. The van der Waals surface area contributed by atoms with Gasteiger partial charge in [0.15, 0.2) is 5.82 Å². The Balaban J connectivity index is 1.36. The van der Waals surface area contributed by atoms with Gasteiger partial charge in [0.1, 0.15) is 0 Å². The van der Waals surface area contributed by atoms with E-state index < -0.39 is 10.0 Å². The minimum absolute atomic E-state index is 0.0638. The first-order valence-corrected chi connectivity index (χ1v) is 12.2. The van der Waals surface area contributed by atoms with E-state index >= 15 is 0 Å². The van der Waals surface area contributed by atoms with Gasteiger partial charge >= 0.3 is 0 Å². The van der Waals surface area contributed by atoms with Crippen molar-refractivity contribution >= 4 is 15.9 Å². The molecule has 0 atom stereocenters. The third-order valence-electron chi connectivity index (χ3n) is 6.23. The smallest absolute Gasteiger partial charge is 0.253 e. The van der Waals surface area contributed by atoms with Crippen molar-refractivity contribution in [3.05, 3.63) is 46.6 Å². The second-order valence-electron chi connectivity index (χ2n) is 8.46. The molecule has 9 heteroatoms. The summed E-state index contributed by atoms with van der Waals surface area (Å²) in [5.41, 5.74) is 2.84. The fourth-order valence-corrected chi connectivity index (χ4v) is 4.98. The highest BCUT2D eigenvalue weighted by atomic mass is 32.2. The van der Waals surface area contributed by atoms with Crippen molar-refractivity contribution in [1.29, 1.82) is 0 Å². The van der Waals surface area contributed by atoms with E-state index in [0.29, 0.717) is 42.7 Å². The number of amides is 1. The Morgan fingerprint density at radius 1 is 1.23 bits per heavy atom. The van der Waals surface area contributed by atoms with Crippen molar-refractivity contribution in [1.82, 2.24) is 19.3 Å². The molecule has 4 rings (SSSR count). The van der Waals surface area contributed by atoms with E-state index in [9.17, 15) is 13.2 Å². The summed E-state index contributed by atoms with van der Waals surface area (Å²) in [6.45, 7) is 5.03. The number of aryl methyl sites for hydroxylation is 2. The topological polar surface area (TPSA) is 96.6 Å². The van der Waals surface area contributed by atoms with Gasteiger partial charge in [-0.2, -0.15) is 9.29 Å². The maximum atomic E-state index is 12.7. The van der Waals surface area contributed by atoms with Crippen LogP contribution in [0.25, 0.3) is 0 Å². The van der Waals surface area contributed by atoms with Gasteiger partial charge < -0.3 is 9.42 Å². The Labute approximate surface area is 177 Å². The van der Waals surface area contributed by atoms with Crippen molar-refractivity contribution < 1.29 is 17.7 Å². The molecule has 1 aliphatic carbocycles. The number of carbonyl (C=O) groups is 1. The summed E-state index contributed by atoms with van der Waals surface area (Å²) in [4.78, 5) is 18.8. The van der Waals surface area contributed by atoms with Gasteiger partial charge in [-0.1, -0.05) is 17.6 Å². The summed E-state index contributed by atoms with van der Waals surface area (Å²) in [5.74, 6) is 1.49. The van der Waals surface area contributed by atoms with E-state index in [1.165, 1.54) is 17.0 Å². The second kappa shape index (κ2) is 8.11. The zero-order chi connectivity index (χ0) is 21.5. The quantitative estimate of drug-likeness (QED) is 0.666. The van der Waals surface area contributed by atoms with Crippen LogP contribution < -0.4 is 0 Å². The number of likely N-dealkylation sites (tertiary alicyclic amines) is 1. The SMILES string of the molecule is Cc1ccc(C(=O)N2CC(N(CCc3noc(C4CCC4)n3)S(C)(=O)=O)C2)cc1C. The molecule has 1 aromatic heterocycles. The molecule has 1 aromatic carbocycles. The lowest BCUT2D eigenvalue weighted by molar-refractivity contribution is 0.0454. The van der Waals surface area contributed by atoms with Gasteiger partial charge in [-0.3, -0.25) is 4.79 Å². The first-order chi connectivity index (χ1) is 14.2. The Morgan fingerprint density at radius 3 is 2.57 bits per heavy atom. The maximum absolute atomic E-state index is 12.7. The van der Waals surface area contributed by atoms with Gasteiger partial charge in [0, 0.05) is 37.5 Å². The number of hydrogen-bond acceptors (Lipinski definition) is 6. The van der Waals surface area contributed by atoms with Crippen molar-refractivity contribution in [2.24, 2.45) is 0 Å². The number of sulfonamides is 1. The molecule has 0 bridgehead atoms. The van der Waals surface area contributed by atoms with E-state index in [-0.39, 0.29) is 18.5 Å². The summed E-state index contributed by atoms with van der Waals surface area (Å²) in [7, 11) is -3.42. The van der Waals surface area contributed by atoms with Gasteiger partial charge in [-0.25, -0.2) is 8.42 Å². The average Bonchev–Trinajstić information content (AvgIpc) is 3.04. The minimum atomic E-state index is -3.42. The predicted octanol–water partition coefficient (Wildman–Crippen LogP) is 2.28. The van der Waals surface area contributed by atoms with Gasteiger partial charge in [0.2, 0.25) is 15.9 Å². The third kappa shape index (κ3) is 4.27. The molecule has 2 fully saturated rings. The first kappa shape index (κ1) is 21.0. The lowest BCUT2D eigenvalue weighted by atomic mass is 9.85. The standard InChI is InChI=1S/C21H28N4O4S/c1-14-7-8-17(11-15(14)2)21(26)24-12-18(13-24)25(30(3,27)28)10-9-19-22-20(29-23-19)16-5-4-6-16/h7-8,11,16,18H,4-6,9-10,12-13H2,1-3H3. The fourth-order valence-electron chi connectivity index (χ4n) is 3.88. The number of carbonyl (C=O) groups excluding carboxylic acids is 1. The molecule has 0 spiro atoms. The molecule has 2 aliphatic rings. The van der Waals surface area contributed by atoms with Gasteiger partial charge in [-0.05, 0) is 49.9 Å². The molecule has 162 valence electrons. The monoisotopic (exact) mass is 432 g/mol. The van der Waals surface area contributed by atoms with Crippen LogP contribution in [0.4, 0.5) is 0 Å². The van der Waals surface area contributed by atoms with Crippen LogP contribution in [-0.2, 0) is 16.4 Å². The molecule has 30 heavy (non-hydrogen) atoms. The van der Waals surface area contributed by atoms with Crippen molar-refractivity contribution in [2.45, 2.75) is 51.5 Å². The van der Waals surface area contributed by atoms with Crippen LogP contribution in [0.1, 0.15) is 58.4 Å². The third-order valence-corrected chi connectivity index (χ3v) is 7.56. The lowest BCUT2D eigenvalue weighted by Gasteiger charge is -2.44. The molecular formula is C21H28N4O4S. The van der Waals surface area contributed by atoms with Crippen LogP contribution in [-0.4, -0.2) is 65.6 Å². The fraction of sp³-hybridized carbons (Fsp3) is 0.571. The van der Waals surface area contributed by atoms with Crippen LogP contribution in [0.3, 0.4) is 0 Å². The van der Waals surface area contributed by atoms with E-state index in [1.807, 2.05) is 32.0 Å². The molecule has 1 saturated heterocycles. The average molecular weight is 433 g/mol. The lowest BCUT2D eigenvalue weighted by Crippen LogP contribution is -2.62. The van der Waals surface area contributed by atoms with E-state index in [2.05, 4.69) is 10.1 Å². The molecule has 0 unspecified atom stereocenters. The van der Waals surface area contributed by atoms with Crippen LogP contribution in [0.5, 0.6) is 0 Å². The molecule has 1 amide bonds. The van der Waals surface area contributed by atoms with Crippen molar-refractivity contribution in [2.75, 3.05) is 25.9 Å². The number of nitrogens with zero attached hydrogens (tertiary/aromatic N) is 4. The maximum Gasteiger partial charge on any atom is 0.253 e. The molecule has 1 saturated carbocycles. The Hall–Kier alpha value is -2.26. The molecule has 2 aromatic rings.